The summed E-state index contributed by atoms with van der Waals surface area (Å²) in [7, 11) is 0. The van der Waals surface area contributed by atoms with Crippen molar-refractivity contribution >= 4 is 5.91 Å². The van der Waals surface area contributed by atoms with Gasteiger partial charge in [0, 0.05) is 23.9 Å². The number of halogens is 3. The highest BCUT2D eigenvalue weighted by molar-refractivity contribution is 5.78. The van der Waals surface area contributed by atoms with E-state index in [9.17, 15) is 23.1 Å². The molecule has 1 aliphatic rings. The van der Waals surface area contributed by atoms with Gasteiger partial charge in [-0.25, -0.2) is 0 Å². The number of nitrogens with one attached hydrogen (secondary N) is 1. The van der Waals surface area contributed by atoms with Gasteiger partial charge in [0.1, 0.15) is 0 Å². The maximum Gasteiger partial charge on any atom is 0.423 e. The summed E-state index contributed by atoms with van der Waals surface area (Å²) >= 11 is 0. The molecule has 1 atom stereocenters. The van der Waals surface area contributed by atoms with Crippen molar-refractivity contribution in [3.8, 4) is 0 Å². The van der Waals surface area contributed by atoms with Crippen molar-refractivity contribution in [1.82, 2.24) is 10.3 Å². The third kappa shape index (κ3) is 3.58. The fourth-order valence-corrected chi connectivity index (χ4v) is 2.70. The molecule has 0 spiro atoms. The van der Waals surface area contributed by atoms with Gasteiger partial charge in [0.15, 0.2) is 0 Å². The molecule has 1 saturated carbocycles. The van der Waals surface area contributed by atoms with Crippen LogP contribution >= 0.6 is 0 Å². The van der Waals surface area contributed by atoms with E-state index in [4.69, 9.17) is 0 Å². The first-order valence-corrected chi connectivity index (χ1v) is 7.32. The number of alkyl halides is 3. The normalized spacial score (nSPS) is 19.5. The SMILES string of the molecule is O=C(NCC(O)(c1cccnc1)C(F)(F)F)C1CCCCC1. The molecular formula is C15H19F3N2O2. The van der Waals surface area contributed by atoms with Gasteiger partial charge in [-0.1, -0.05) is 25.3 Å². The fraction of sp³-hybridized carbons (Fsp3) is 0.600. The predicted molar refractivity (Wildman–Crippen MR) is 73.8 cm³/mol. The molecule has 1 amide bonds. The zero-order valence-electron chi connectivity index (χ0n) is 12.1. The highest BCUT2D eigenvalue weighted by Crippen LogP contribution is 2.38. The van der Waals surface area contributed by atoms with Gasteiger partial charge in [-0.3, -0.25) is 9.78 Å². The molecule has 2 rings (SSSR count). The molecule has 1 aromatic rings. The van der Waals surface area contributed by atoms with Crippen LogP contribution in [0, 0.1) is 5.92 Å². The summed E-state index contributed by atoms with van der Waals surface area (Å²) < 4.78 is 39.8. The average molecular weight is 316 g/mol. The standard InChI is InChI=1S/C15H19F3N2O2/c16-15(17,18)14(22,12-7-4-8-19-9-12)10-20-13(21)11-5-2-1-3-6-11/h4,7-9,11,22H,1-3,5-6,10H2,(H,20,21). The number of carbonyl (C=O) groups is 1. The number of carbonyl (C=O) groups excluding carboxylic acids is 1. The Morgan fingerprint density at radius 1 is 1.32 bits per heavy atom. The Labute approximate surface area is 126 Å². The van der Waals surface area contributed by atoms with Crippen molar-refractivity contribution in [2.24, 2.45) is 5.92 Å². The van der Waals surface area contributed by atoms with Crippen LogP contribution in [0.15, 0.2) is 24.5 Å². The molecule has 0 saturated heterocycles. The van der Waals surface area contributed by atoms with Crippen LogP contribution < -0.4 is 5.32 Å². The van der Waals surface area contributed by atoms with Crippen LogP contribution in [0.5, 0.6) is 0 Å². The zero-order valence-corrected chi connectivity index (χ0v) is 12.1. The van der Waals surface area contributed by atoms with E-state index in [0.29, 0.717) is 12.8 Å². The van der Waals surface area contributed by atoms with Gasteiger partial charge in [-0.15, -0.1) is 0 Å². The summed E-state index contributed by atoms with van der Waals surface area (Å²) in [6.45, 7) is -0.905. The Kier molecular flexibility index (Phi) is 5.05. The summed E-state index contributed by atoms with van der Waals surface area (Å²) in [6.07, 6.45) is 1.60. The van der Waals surface area contributed by atoms with E-state index >= 15 is 0 Å². The van der Waals surface area contributed by atoms with E-state index in [2.05, 4.69) is 10.3 Å². The number of aromatic nitrogens is 1. The number of nitrogens with zero attached hydrogens (tertiary/aromatic N) is 1. The molecule has 7 heteroatoms. The summed E-state index contributed by atoms with van der Waals surface area (Å²) in [5, 5.41) is 12.3. The minimum Gasteiger partial charge on any atom is -0.375 e. The maximum absolute atomic E-state index is 13.3. The first kappa shape index (κ1) is 16.7. The topological polar surface area (TPSA) is 62.2 Å². The summed E-state index contributed by atoms with van der Waals surface area (Å²) in [5.74, 6) is -0.689. The summed E-state index contributed by atoms with van der Waals surface area (Å²) in [5.41, 5.74) is -3.52. The Hall–Kier alpha value is -1.63. The predicted octanol–water partition coefficient (Wildman–Crippen LogP) is 2.53. The van der Waals surface area contributed by atoms with Gasteiger partial charge >= 0.3 is 6.18 Å². The molecule has 1 aliphatic carbocycles. The highest BCUT2D eigenvalue weighted by Gasteiger charge is 2.55. The Balaban J connectivity index is 2.09. The Bertz CT molecular complexity index is 501. The van der Waals surface area contributed by atoms with Gasteiger partial charge in [0.05, 0.1) is 6.54 Å². The Morgan fingerprint density at radius 3 is 2.55 bits per heavy atom. The summed E-state index contributed by atoms with van der Waals surface area (Å²) in [4.78, 5) is 15.6. The van der Waals surface area contributed by atoms with Crippen molar-refractivity contribution in [3.63, 3.8) is 0 Å². The number of amides is 1. The fourth-order valence-electron chi connectivity index (χ4n) is 2.70. The molecule has 0 aromatic carbocycles. The molecule has 22 heavy (non-hydrogen) atoms. The van der Waals surface area contributed by atoms with E-state index in [1.54, 1.807) is 0 Å². The molecule has 4 nitrogen and oxygen atoms in total. The molecule has 2 N–H and O–H groups in total. The molecule has 122 valence electrons. The molecule has 0 radical (unpaired) electrons. The minimum atomic E-state index is -4.91. The second-order valence-corrected chi connectivity index (χ2v) is 5.65. The molecule has 1 heterocycles. The Morgan fingerprint density at radius 2 is 2.00 bits per heavy atom. The van der Waals surface area contributed by atoms with Crippen molar-refractivity contribution < 1.29 is 23.1 Å². The minimum absolute atomic E-state index is 0.264. The third-order valence-electron chi connectivity index (χ3n) is 4.10. The van der Waals surface area contributed by atoms with E-state index in [1.165, 1.54) is 12.3 Å². The van der Waals surface area contributed by atoms with E-state index in [0.717, 1.165) is 31.5 Å². The van der Waals surface area contributed by atoms with Gasteiger partial charge < -0.3 is 10.4 Å². The van der Waals surface area contributed by atoms with Crippen molar-refractivity contribution in [3.05, 3.63) is 30.1 Å². The van der Waals surface area contributed by atoms with Gasteiger partial charge in [0.2, 0.25) is 11.5 Å². The highest BCUT2D eigenvalue weighted by atomic mass is 19.4. The van der Waals surface area contributed by atoms with Crippen molar-refractivity contribution in [1.29, 1.82) is 0 Å². The largest absolute Gasteiger partial charge is 0.423 e. The summed E-state index contributed by atoms with van der Waals surface area (Å²) in [6, 6.07) is 2.46. The lowest BCUT2D eigenvalue weighted by Crippen LogP contribution is -2.52. The van der Waals surface area contributed by atoms with E-state index in [-0.39, 0.29) is 11.5 Å². The zero-order chi connectivity index (χ0) is 16.2. The third-order valence-corrected chi connectivity index (χ3v) is 4.10. The second kappa shape index (κ2) is 6.64. The van der Waals surface area contributed by atoms with E-state index < -0.39 is 24.2 Å². The number of hydrogen-bond donors (Lipinski definition) is 2. The lowest BCUT2D eigenvalue weighted by molar-refractivity contribution is -0.264. The first-order valence-electron chi connectivity index (χ1n) is 7.32. The molecule has 0 aliphatic heterocycles. The molecule has 1 unspecified atom stereocenters. The maximum atomic E-state index is 13.3. The van der Waals surface area contributed by atoms with Crippen LogP contribution in [0.4, 0.5) is 13.2 Å². The van der Waals surface area contributed by atoms with Crippen LogP contribution in [0.2, 0.25) is 0 Å². The lowest BCUT2D eigenvalue weighted by atomic mass is 9.88. The smallest absolute Gasteiger partial charge is 0.375 e. The first-order chi connectivity index (χ1) is 10.3. The number of aliphatic hydroxyl groups is 1. The average Bonchev–Trinajstić information content (AvgIpc) is 2.53. The van der Waals surface area contributed by atoms with Crippen LogP contribution in [0.25, 0.3) is 0 Å². The number of hydrogen-bond acceptors (Lipinski definition) is 3. The monoisotopic (exact) mass is 316 g/mol. The van der Waals surface area contributed by atoms with Crippen LogP contribution in [0.3, 0.4) is 0 Å². The molecular weight excluding hydrogens is 297 g/mol. The molecule has 0 bridgehead atoms. The molecule has 1 aromatic heterocycles. The van der Waals surface area contributed by atoms with Gasteiger partial charge in [-0.05, 0) is 18.9 Å². The number of pyridine rings is 1. The van der Waals surface area contributed by atoms with E-state index in [1.807, 2.05) is 0 Å². The van der Waals surface area contributed by atoms with Gasteiger partial charge in [-0.2, -0.15) is 13.2 Å². The quantitative estimate of drug-likeness (QED) is 0.897. The lowest BCUT2D eigenvalue weighted by Gasteiger charge is -2.31. The van der Waals surface area contributed by atoms with Gasteiger partial charge in [0.25, 0.3) is 0 Å². The van der Waals surface area contributed by atoms with Crippen LogP contribution in [0.1, 0.15) is 37.7 Å². The van der Waals surface area contributed by atoms with Crippen molar-refractivity contribution in [2.45, 2.75) is 43.9 Å². The molecule has 1 fully saturated rings. The van der Waals surface area contributed by atoms with Crippen LogP contribution in [-0.4, -0.2) is 28.7 Å². The van der Waals surface area contributed by atoms with Crippen molar-refractivity contribution in [2.75, 3.05) is 6.54 Å². The number of rotatable bonds is 4. The second-order valence-electron chi connectivity index (χ2n) is 5.65. The van der Waals surface area contributed by atoms with Crippen LogP contribution in [-0.2, 0) is 10.4 Å².